The molecule has 114 valence electrons. The van der Waals surface area contributed by atoms with Crippen molar-refractivity contribution in [2.24, 2.45) is 11.8 Å². The molecule has 4 heteroatoms. The zero-order chi connectivity index (χ0) is 13.9. The van der Waals surface area contributed by atoms with Crippen LogP contribution in [0, 0.1) is 11.8 Å². The molecule has 1 amide bonds. The van der Waals surface area contributed by atoms with Gasteiger partial charge in [-0.3, -0.25) is 4.79 Å². The minimum absolute atomic E-state index is 0.0582. The lowest BCUT2D eigenvalue weighted by atomic mass is 9.86. The highest BCUT2D eigenvalue weighted by Crippen LogP contribution is 2.36. The summed E-state index contributed by atoms with van der Waals surface area (Å²) >= 11 is 0. The van der Waals surface area contributed by atoms with Crippen molar-refractivity contribution in [3.63, 3.8) is 0 Å². The molecule has 4 atom stereocenters. The highest BCUT2D eigenvalue weighted by atomic mass is 16.5. The molecule has 1 N–H and O–H groups in total. The van der Waals surface area contributed by atoms with Crippen LogP contribution in [0.3, 0.4) is 0 Å². The van der Waals surface area contributed by atoms with Crippen LogP contribution in [0.1, 0.15) is 51.4 Å². The summed E-state index contributed by atoms with van der Waals surface area (Å²) in [5, 5.41) is 10.2. The molecule has 2 aliphatic heterocycles. The Balaban J connectivity index is 1.69. The zero-order valence-electron chi connectivity index (χ0n) is 12.3. The van der Waals surface area contributed by atoms with Gasteiger partial charge in [0.25, 0.3) is 0 Å². The van der Waals surface area contributed by atoms with Crippen LogP contribution < -0.4 is 0 Å². The van der Waals surface area contributed by atoms with E-state index in [-0.39, 0.29) is 24.0 Å². The minimum Gasteiger partial charge on any atom is -0.393 e. The van der Waals surface area contributed by atoms with Gasteiger partial charge in [-0.2, -0.15) is 0 Å². The topological polar surface area (TPSA) is 49.8 Å². The summed E-state index contributed by atoms with van der Waals surface area (Å²) in [4.78, 5) is 14.9. The summed E-state index contributed by atoms with van der Waals surface area (Å²) in [5.41, 5.74) is 0. The molecule has 2 saturated heterocycles. The summed E-state index contributed by atoms with van der Waals surface area (Å²) in [6, 6.07) is 0.274. The maximum absolute atomic E-state index is 12.8. The van der Waals surface area contributed by atoms with E-state index in [1.165, 1.54) is 6.42 Å². The molecular weight excluding hydrogens is 254 g/mol. The number of nitrogens with zero attached hydrogens (tertiary/aromatic N) is 1. The SMILES string of the molecule is O=C(C1CCCOC1)N1CCCCC1C1CCCC1O. The van der Waals surface area contributed by atoms with Crippen molar-refractivity contribution < 1.29 is 14.6 Å². The lowest BCUT2D eigenvalue weighted by Crippen LogP contribution is -2.52. The van der Waals surface area contributed by atoms with Gasteiger partial charge >= 0.3 is 0 Å². The van der Waals surface area contributed by atoms with Gasteiger partial charge in [0.1, 0.15) is 0 Å². The molecule has 1 saturated carbocycles. The molecule has 0 spiro atoms. The number of piperidine rings is 1. The van der Waals surface area contributed by atoms with E-state index in [0.717, 1.165) is 58.1 Å². The number of ether oxygens (including phenoxy) is 1. The van der Waals surface area contributed by atoms with Crippen LogP contribution in [0.5, 0.6) is 0 Å². The average Bonchev–Trinajstić information content (AvgIpc) is 2.93. The Morgan fingerprint density at radius 2 is 1.95 bits per heavy atom. The first-order chi connectivity index (χ1) is 9.77. The largest absolute Gasteiger partial charge is 0.393 e. The van der Waals surface area contributed by atoms with E-state index < -0.39 is 0 Å². The maximum Gasteiger partial charge on any atom is 0.228 e. The normalized spacial score (nSPS) is 39.0. The molecule has 4 unspecified atom stereocenters. The van der Waals surface area contributed by atoms with Crippen molar-refractivity contribution in [1.82, 2.24) is 4.90 Å². The summed E-state index contributed by atoms with van der Waals surface area (Å²) in [6.45, 7) is 2.27. The predicted molar refractivity (Wildman–Crippen MR) is 76.2 cm³/mol. The molecule has 0 aromatic rings. The molecular formula is C16H27NO3. The van der Waals surface area contributed by atoms with Gasteiger partial charge in [0, 0.05) is 25.1 Å². The molecule has 2 heterocycles. The molecule has 20 heavy (non-hydrogen) atoms. The van der Waals surface area contributed by atoms with E-state index >= 15 is 0 Å². The summed E-state index contributed by atoms with van der Waals surface area (Å²) in [5.74, 6) is 0.653. The number of carbonyl (C=O) groups excluding carboxylic acids is 1. The average molecular weight is 281 g/mol. The maximum atomic E-state index is 12.8. The second kappa shape index (κ2) is 6.44. The number of aliphatic hydroxyl groups excluding tert-OH is 1. The van der Waals surface area contributed by atoms with E-state index in [2.05, 4.69) is 4.90 Å². The second-order valence-electron chi connectivity index (χ2n) is 6.67. The molecule has 3 aliphatic rings. The van der Waals surface area contributed by atoms with Crippen molar-refractivity contribution in [2.45, 2.75) is 63.5 Å². The van der Waals surface area contributed by atoms with Crippen LogP contribution >= 0.6 is 0 Å². The number of hydrogen-bond donors (Lipinski definition) is 1. The predicted octanol–water partition coefficient (Wildman–Crippen LogP) is 1.96. The van der Waals surface area contributed by atoms with Crippen molar-refractivity contribution in [2.75, 3.05) is 19.8 Å². The first kappa shape index (κ1) is 14.3. The van der Waals surface area contributed by atoms with Crippen LogP contribution in [0.15, 0.2) is 0 Å². The third-order valence-corrected chi connectivity index (χ3v) is 5.37. The van der Waals surface area contributed by atoms with Gasteiger partial charge in [0.15, 0.2) is 0 Å². The Morgan fingerprint density at radius 3 is 2.65 bits per heavy atom. The van der Waals surface area contributed by atoms with Crippen LogP contribution in [0.25, 0.3) is 0 Å². The molecule has 0 aromatic carbocycles. The van der Waals surface area contributed by atoms with Gasteiger partial charge in [0.2, 0.25) is 5.91 Å². The molecule has 3 rings (SSSR count). The van der Waals surface area contributed by atoms with E-state index in [1.54, 1.807) is 0 Å². The van der Waals surface area contributed by atoms with Gasteiger partial charge in [0.05, 0.1) is 18.6 Å². The Kier molecular flexibility index (Phi) is 4.61. The van der Waals surface area contributed by atoms with Crippen LogP contribution in [-0.2, 0) is 9.53 Å². The Labute approximate surface area is 121 Å². The van der Waals surface area contributed by atoms with E-state index in [9.17, 15) is 9.90 Å². The monoisotopic (exact) mass is 281 g/mol. The number of aliphatic hydroxyl groups is 1. The van der Waals surface area contributed by atoms with E-state index in [1.807, 2.05) is 0 Å². The second-order valence-corrected chi connectivity index (χ2v) is 6.67. The smallest absolute Gasteiger partial charge is 0.228 e. The lowest BCUT2D eigenvalue weighted by molar-refractivity contribution is -0.145. The fourth-order valence-corrected chi connectivity index (χ4v) is 4.26. The molecule has 0 bridgehead atoms. The van der Waals surface area contributed by atoms with Crippen molar-refractivity contribution >= 4 is 5.91 Å². The van der Waals surface area contributed by atoms with Gasteiger partial charge in [-0.05, 0) is 44.9 Å². The fourth-order valence-electron chi connectivity index (χ4n) is 4.26. The number of likely N-dealkylation sites (tertiary alicyclic amines) is 1. The van der Waals surface area contributed by atoms with Gasteiger partial charge in [-0.25, -0.2) is 0 Å². The van der Waals surface area contributed by atoms with E-state index in [0.29, 0.717) is 12.5 Å². The highest BCUT2D eigenvalue weighted by Gasteiger charge is 2.40. The van der Waals surface area contributed by atoms with Gasteiger partial charge in [-0.1, -0.05) is 6.42 Å². The third kappa shape index (κ3) is 2.86. The number of rotatable bonds is 2. The summed E-state index contributed by atoms with van der Waals surface area (Å²) < 4.78 is 5.48. The molecule has 4 nitrogen and oxygen atoms in total. The lowest BCUT2D eigenvalue weighted by Gasteiger charge is -2.42. The molecule has 1 aliphatic carbocycles. The van der Waals surface area contributed by atoms with Gasteiger partial charge < -0.3 is 14.7 Å². The van der Waals surface area contributed by atoms with Crippen molar-refractivity contribution in [1.29, 1.82) is 0 Å². The first-order valence-corrected chi connectivity index (χ1v) is 8.33. The Bertz CT molecular complexity index is 341. The summed E-state index contributed by atoms with van der Waals surface area (Å²) in [7, 11) is 0. The number of hydrogen-bond acceptors (Lipinski definition) is 3. The van der Waals surface area contributed by atoms with Crippen molar-refractivity contribution in [3.8, 4) is 0 Å². The van der Waals surface area contributed by atoms with E-state index in [4.69, 9.17) is 4.74 Å². The Morgan fingerprint density at radius 1 is 1.05 bits per heavy atom. The highest BCUT2D eigenvalue weighted by molar-refractivity contribution is 5.79. The molecule has 0 radical (unpaired) electrons. The third-order valence-electron chi connectivity index (χ3n) is 5.37. The van der Waals surface area contributed by atoms with Crippen LogP contribution in [0.2, 0.25) is 0 Å². The summed E-state index contributed by atoms with van der Waals surface area (Å²) in [6.07, 6.45) is 8.24. The number of amides is 1. The van der Waals surface area contributed by atoms with Crippen LogP contribution in [0.4, 0.5) is 0 Å². The quantitative estimate of drug-likeness (QED) is 0.841. The molecule has 3 fully saturated rings. The zero-order valence-corrected chi connectivity index (χ0v) is 12.3. The fraction of sp³-hybridized carbons (Fsp3) is 0.938. The molecule has 0 aromatic heterocycles. The minimum atomic E-state index is -0.198. The standard InChI is InChI=1S/C16H27NO3/c18-15-8-3-6-13(15)14-7-1-2-9-17(14)16(19)12-5-4-10-20-11-12/h12-15,18H,1-11H2. The van der Waals surface area contributed by atoms with Gasteiger partial charge in [-0.15, -0.1) is 0 Å². The number of carbonyl (C=O) groups is 1. The first-order valence-electron chi connectivity index (χ1n) is 8.33. The van der Waals surface area contributed by atoms with Crippen molar-refractivity contribution in [3.05, 3.63) is 0 Å². The van der Waals surface area contributed by atoms with Crippen LogP contribution in [-0.4, -0.2) is 47.8 Å². The Hall–Kier alpha value is -0.610.